The molecular formula is C20H20F3NO4. The van der Waals surface area contributed by atoms with Gasteiger partial charge in [0.1, 0.15) is 17.2 Å². The number of alkyl halides is 3. The van der Waals surface area contributed by atoms with Crippen LogP contribution in [0.25, 0.3) is 0 Å². The Kier molecular flexibility index (Phi) is 5.67. The van der Waals surface area contributed by atoms with E-state index in [1.165, 1.54) is 12.1 Å². The Labute approximate surface area is 160 Å². The highest BCUT2D eigenvalue weighted by molar-refractivity contribution is 5.94. The van der Waals surface area contributed by atoms with Gasteiger partial charge in [0.25, 0.3) is 5.91 Å². The van der Waals surface area contributed by atoms with Crippen LogP contribution >= 0.6 is 0 Å². The van der Waals surface area contributed by atoms with Crippen molar-refractivity contribution in [3.8, 4) is 17.2 Å². The van der Waals surface area contributed by atoms with Crippen LogP contribution in [0.5, 0.6) is 17.2 Å². The monoisotopic (exact) mass is 395 g/mol. The maximum atomic E-state index is 13.0. The van der Waals surface area contributed by atoms with Gasteiger partial charge in [-0.1, -0.05) is 0 Å². The first-order valence-electron chi connectivity index (χ1n) is 8.71. The zero-order valence-corrected chi connectivity index (χ0v) is 15.5. The van der Waals surface area contributed by atoms with E-state index < -0.39 is 6.36 Å². The Balaban J connectivity index is 1.84. The van der Waals surface area contributed by atoms with E-state index in [0.717, 1.165) is 30.5 Å². The standard InChI is InChI=1S/C20H20F3NO4/c1-26-15-9-10-18(27-2)16(12-15)17-4-3-11-24(17)19(25)13-5-7-14(8-6-13)28-20(21,22)23/h5-10,12,17H,3-4,11H2,1-2H3/t17-/m0/s1. The molecule has 0 spiro atoms. The summed E-state index contributed by atoms with van der Waals surface area (Å²) < 4.78 is 51.5. The first-order valence-corrected chi connectivity index (χ1v) is 8.71. The molecule has 0 aromatic heterocycles. The molecule has 0 unspecified atom stereocenters. The van der Waals surface area contributed by atoms with Gasteiger partial charge in [0.05, 0.1) is 20.3 Å². The van der Waals surface area contributed by atoms with Crippen LogP contribution in [0.1, 0.15) is 34.8 Å². The molecule has 0 bridgehead atoms. The van der Waals surface area contributed by atoms with Crippen LogP contribution in [-0.4, -0.2) is 37.9 Å². The SMILES string of the molecule is COc1ccc(OC)c([C@@H]2CCCN2C(=O)c2ccc(OC(F)(F)F)cc2)c1. The lowest BCUT2D eigenvalue weighted by Gasteiger charge is -2.27. The molecule has 1 atom stereocenters. The average Bonchev–Trinajstić information content (AvgIpc) is 3.16. The van der Waals surface area contributed by atoms with Crippen molar-refractivity contribution in [2.45, 2.75) is 25.2 Å². The third-order valence-corrected chi connectivity index (χ3v) is 4.64. The summed E-state index contributed by atoms with van der Waals surface area (Å²) in [6.45, 7) is 0.546. The van der Waals surface area contributed by atoms with Gasteiger partial charge in [-0.2, -0.15) is 0 Å². The molecule has 1 fully saturated rings. The van der Waals surface area contributed by atoms with Gasteiger partial charge in [0.15, 0.2) is 0 Å². The van der Waals surface area contributed by atoms with E-state index in [4.69, 9.17) is 9.47 Å². The van der Waals surface area contributed by atoms with Crippen LogP contribution in [0.2, 0.25) is 0 Å². The van der Waals surface area contributed by atoms with Crippen LogP contribution in [0, 0.1) is 0 Å². The summed E-state index contributed by atoms with van der Waals surface area (Å²) in [5.41, 5.74) is 1.13. The third-order valence-electron chi connectivity index (χ3n) is 4.64. The van der Waals surface area contributed by atoms with Crippen molar-refractivity contribution >= 4 is 5.91 Å². The molecule has 0 radical (unpaired) electrons. The number of methoxy groups -OCH3 is 2. The molecule has 28 heavy (non-hydrogen) atoms. The van der Waals surface area contributed by atoms with Crippen molar-refractivity contribution in [1.82, 2.24) is 4.90 Å². The molecule has 1 aliphatic heterocycles. The minimum absolute atomic E-state index is 0.205. The minimum Gasteiger partial charge on any atom is -0.497 e. The fourth-order valence-corrected chi connectivity index (χ4v) is 3.40. The van der Waals surface area contributed by atoms with Gasteiger partial charge in [-0.3, -0.25) is 4.79 Å². The predicted molar refractivity (Wildman–Crippen MR) is 95.7 cm³/mol. The van der Waals surface area contributed by atoms with Crippen molar-refractivity contribution in [3.63, 3.8) is 0 Å². The fraction of sp³-hybridized carbons (Fsp3) is 0.350. The average molecular weight is 395 g/mol. The largest absolute Gasteiger partial charge is 0.573 e. The van der Waals surface area contributed by atoms with Crippen molar-refractivity contribution < 1.29 is 32.2 Å². The summed E-state index contributed by atoms with van der Waals surface area (Å²) >= 11 is 0. The van der Waals surface area contributed by atoms with Crippen molar-refractivity contribution in [3.05, 3.63) is 53.6 Å². The van der Waals surface area contributed by atoms with Gasteiger partial charge < -0.3 is 19.1 Å². The number of rotatable bonds is 5. The Morgan fingerprint density at radius 3 is 2.32 bits per heavy atom. The number of likely N-dealkylation sites (tertiary alicyclic amines) is 1. The van der Waals surface area contributed by atoms with E-state index in [-0.39, 0.29) is 17.7 Å². The zero-order chi connectivity index (χ0) is 20.3. The first kappa shape index (κ1) is 19.9. The van der Waals surface area contributed by atoms with Gasteiger partial charge in [-0.15, -0.1) is 13.2 Å². The third kappa shape index (κ3) is 4.32. The highest BCUT2D eigenvalue weighted by Crippen LogP contribution is 2.39. The van der Waals surface area contributed by atoms with Gasteiger partial charge >= 0.3 is 6.36 Å². The lowest BCUT2D eigenvalue weighted by Crippen LogP contribution is -2.30. The Bertz CT molecular complexity index is 836. The molecule has 1 aliphatic rings. The lowest BCUT2D eigenvalue weighted by molar-refractivity contribution is -0.274. The number of carbonyl (C=O) groups excluding carboxylic acids is 1. The molecule has 1 heterocycles. The highest BCUT2D eigenvalue weighted by atomic mass is 19.4. The summed E-state index contributed by atoms with van der Waals surface area (Å²) in [6, 6.07) is 10.2. The number of halogens is 3. The summed E-state index contributed by atoms with van der Waals surface area (Å²) in [6.07, 6.45) is -3.20. The number of benzene rings is 2. The van der Waals surface area contributed by atoms with Crippen molar-refractivity contribution in [2.24, 2.45) is 0 Å². The van der Waals surface area contributed by atoms with E-state index in [1.54, 1.807) is 31.3 Å². The van der Waals surface area contributed by atoms with Crippen LogP contribution in [0.4, 0.5) is 13.2 Å². The number of carbonyl (C=O) groups is 1. The quantitative estimate of drug-likeness (QED) is 0.744. The highest BCUT2D eigenvalue weighted by Gasteiger charge is 2.33. The Morgan fingerprint density at radius 2 is 1.71 bits per heavy atom. The van der Waals surface area contributed by atoms with Gasteiger partial charge in [-0.25, -0.2) is 0 Å². The smallest absolute Gasteiger partial charge is 0.497 e. The molecule has 3 rings (SSSR count). The minimum atomic E-state index is -4.77. The molecule has 150 valence electrons. The number of hydrogen-bond donors (Lipinski definition) is 0. The topological polar surface area (TPSA) is 48.0 Å². The number of nitrogens with zero attached hydrogens (tertiary/aromatic N) is 1. The van der Waals surface area contributed by atoms with Crippen LogP contribution < -0.4 is 14.2 Å². The van der Waals surface area contributed by atoms with E-state index >= 15 is 0 Å². The summed E-state index contributed by atoms with van der Waals surface area (Å²) in [5, 5.41) is 0. The fourth-order valence-electron chi connectivity index (χ4n) is 3.40. The molecule has 1 amide bonds. The number of ether oxygens (including phenoxy) is 3. The molecule has 0 saturated carbocycles. The van der Waals surface area contributed by atoms with E-state index in [0.29, 0.717) is 23.6 Å². The number of amides is 1. The van der Waals surface area contributed by atoms with Crippen molar-refractivity contribution in [2.75, 3.05) is 20.8 Å². The van der Waals surface area contributed by atoms with Crippen molar-refractivity contribution in [1.29, 1.82) is 0 Å². The van der Waals surface area contributed by atoms with Crippen LogP contribution in [0.15, 0.2) is 42.5 Å². The Hall–Kier alpha value is -2.90. The Morgan fingerprint density at radius 1 is 1.04 bits per heavy atom. The second-order valence-corrected chi connectivity index (χ2v) is 6.34. The number of hydrogen-bond acceptors (Lipinski definition) is 4. The lowest BCUT2D eigenvalue weighted by atomic mass is 10.0. The van der Waals surface area contributed by atoms with Gasteiger partial charge in [-0.05, 0) is 55.3 Å². The molecular weight excluding hydrogens is 375 g/mol. The summed E-state index contributed by atoms with van der Waals surface area (Å²) in [4.78, 5) is 14.7. The van der Waals surface area contributed by atoms with Crippen LogP contribution in [-0.2, 0) is 0 Å². The molecule has 1 saturated heterocycles. The molecule has 0 aliphatic carbocycles. The maximum Gasteiger partial charge on any atom is 0.573 e. The molecule has 2 aromatic carbocycles. The zero-order valence-electron chi connectivity index (χ0n) is 15.5. The van der Waals surface area contributed by atoms with Crippen LogP contribution in [0.3, 0.4) is 0 Å². The van der Waals surface area contributed by atoms with Gasteiger partial charge in [0.2, 0.25) is 0 Å². The normalized spacial score (nSPS) is 16.8. The molecule has 5 nitrogen and oxygen atoms in total. The summed E-state index contributed by atoms with van der Waals surface area (Å²) in [5.74, 6) is 0.686. The van der Waals surface area contributed by atoms with E-state index in [1.807, 2.05) is 6.07 Å². The predicted octanol–water partition coefficient (Wildman–Crippen LogP) is 4.58. The summed E-state index contributed by atoms with van der Waals surface area (Å²) in [7, 11) is 3.12. The van der Waals surface area contributed by atoms with Gasteiger partial charge in [0, 0.05) is 17.7 Å². The maximum absolute atomic E-state index is 13.0. The second kappa shape index (κ2) is 8.00. The molecule has 8 heteroatoms. The van der Waals surface area contributed by atoms with E-state index in [9.17, 15) is 18.0 Å². The molecule has 0 N–H and O–H groups in total. The second-order valence-electron chi connectivity index (χ2n) is 6.34. The van der Waals surface area contributed by atoms with E-state index in [2.05, 4.69) is 4.74 Å². The first-order chi connectivity index (χ1) is 13.3. The molecule has 2 aromatic rings.